The third-order valence-corrected chi connectivity index (χ3v) is 9.61. The van der Waals surface area contributed by atoms with Gasteiger partial charge in [-0.1, -0.05) is 106 Å². The number of imidazole rings is 1. The molecule has 0 bridgehead atoms. The Labute approximate surface area is 297 Å². The number of nitrogens with zero attached hydrogens (tertiary/aromatic N) is 4. The predicted octanol–water partition coefficient (Wildman–Crippen LogP) is 11.9. The first-order chi connectivity index (χ1) is 24.9. The first-order valence-corrected chi connectivity index (χ1v) is 17.3. The van der Waals surface area contributed by atoms with Crippen molar-refractivity contribution in [1.29, 1.82) is 0 Å². The molecule has 0 aliphatic heterocycles. The van der Waals surface area contributed by atoms with Crippen LogP contribution in [0.1, 0.15) is 26.3 Å². The zero-order valence-corrected chi connectivity index (χ0v) is 28.8. The summed E-state index contributed by atoms with van der Waals surface area (Å²) in [4.78, 5) is 9.91. The van der Waals surface area contributed by atoms with E-state index in [9.17, 15) is 0 Å². The number of ether oxygens (including phenoxy) is 1. The maximum Gasteiger partial charge on any atom is 0.220 e. The maximum absolute atomic E-state index is 6.56. The Hall–Kier alpha value is -6.46. The van der Waals surface area contributed by atoms with Crippen LogP contribution in [0.4, 0.5) is 0 Å². The molecule has 0 aliphatic carbocycles. The van der Waals surface area contributed by atoms with Gasteiger partial charge in [0.1, 0.15) is 11.5 Å². The molecule has 3 aromatic heterocycles. The van der Waals surface area contributed by atoms with Crippen LogP contribution in [0, 0.1) is 0 Å². The van der Waals surface area contributed by atoms with E-state index in [0.29, 0.717) is 0 Å². The number of benzene rings is 6. The number of hydrogen-bond acceptors (Lipinski definition) is 3. The Morgan fingerprint density at radius 2 is 1.25 bits per heavy atom. The van der Waals surface area contributed by atoms with E-state index in [-0.39, 0.29) is 5.41 Å². The molecule has 0 N–H and O–H groups in total. The van der Waals surface area contributed by atoms with Gasteiger partial charge in [-0.3, -0.25) is 14.1 Å². The van der Waals surface area contributed by atoms with Gasteiger partial charge in [0, 0.05) is 34.2 Å². The molecular formula is C46H36N4O. The van der Waals surface area contributed by atoms with Crippen molar-refractivity contribution in [2.45, 2.75) is 26.2 Å². The van der Waals surface area contributed by atoms with Crippen molar-refractivity contribution in [2.24, 2.45) is 0 Å². The van der Waals surface area contributed by atoms with Crippen molar-refractivity contribution >= 4 is 32.8 Å². The minimum atomic E-state index is -0.0117. The lowest BCUT2D eigenvalue weighted by atomic mass is 9.85. The van der Waals surface area contributed by atoms with Crippen LogP contribution < -0.4 is 4.74 Å². The predicted molar refractivity (Wildman–Crippen MR) is 209 cm³/mol. The van der Waals surface area contributed by atoms with Gasteiger partial charge in [0.05, 0.1) is 33.4 Å². The first kappa shape index (κ1) is 30.6. The molecule has 0 unspecified atom stereocenters. The van der Waals surface area contributed by atoms with Crippen LogP contribution in [-0.2, 0) is 5.41 Å². The zero-order valence-electron chi connectivity index (χ0n) is 28.8. The van der Waals surface area contributed by atoms with Crippen LogP contribution in [0.3, 0.4) is 0 Å². The molecule has 0 spiro atoms. The summed E-state index contributed by atoms with van der Waals surface area (Å²) in [5, 5.41) is 2.28. The van der Waals surface area contributed by atoms with Crippen molar-refractivity contribution in [2.75, 3.05) is 0 Å². The molecule has 0 amide bonds. The molecule has 6 aromatic carbocycles. The lowest BCUT2D eigenvalue weighted by Crippen LogP contribution is -2.12. The summed E-state index contributed by atoms with van der Waals surface area (Å²) < 4.78 is 11.2. The number of fused-ring (bicyclic) bond motifs is 4. The van der Waals surface area contributed by atoms with Gasteiger partial charge in [-0.25, -0.2) is 4.98 Å². The fraction of sp³-hybridized carbons (Fsp3) is 0.0870. The van der Waals surface area contributed by atoms with Crippen LogP contribution >= 0.6 is 0 Å². The minimum Gasteiger partial charge on any atom is -0.457 e. The van der Waals surface area contributed by atoms with E-state index in [1.54, 1.807) is 0 Å². The van der Waals surface area contributed by atoms with Gasteiger partial charge >= 0.3 is 0 Å². The molecule has 0 fully saturated rings. The van der Waals surface area contributed by atoms with E-state index in [2.05, 4.69) is 150 Å². The number of rotatable bonds is 6. The summed E-state index contributed by atoms with van der Waals surface area (Å²) in [7, 11) is 0. The number of pyridine rings is 1. The molecule has 51 heavy (non-hydrogen) atoms. The smallest absolute Gasteiger partial charge is 0.220 e. The monoisotopic (exact) mass is 660 g/mol. The average molecular weight is 661 g/mol. The standard InChI is InChI=1S/C46H36N4O/c1-46(2,3)33-23-26-42(38(29-33)31-14-5-4-6-15-31)49-43-22-10-8-20-40(43)48-45(49)50-41-21-9-7-18-36(41)37-25-24-35(30-44(37)50)51-34-17-13-16-32(28-34)39-19-11-12-27-47-39/h4-30H,1-3H3. The lowest BCUT2D eigenvalue weighted by Gasteiger charge is -2.23. The summed E-state index contributed by atoms with van der Waals surface area (Å²) in [6.07, 6.45) is 1.81. The van der Waals surface area contributed by atoms with Gasteiger partial charge in [-0.15, -0.1) is 0 Å². The van der Waals surface area contributed by atoms with E-state index in [4.69, 9.17) is 9.72 Å². The van der Waals surface area contributed by atoms with Gasteiger partial charge in [0.25, 0.3) is 0 Å². The number of para-hydroxylation sites is 3. The lowest BCUT2D eigenvalue weighted by molar-refractivity contribution is 0.483. The largest absolute Gasteiger partial charge is 0.457 e. The first-order valence-electron chi connectivity index (χ1n) is 17.3. The van der Waals surface area contributed by atoms with Crippen LogP contribution in [0.15, 0.2) is 164 Å². The van der Waals surface area contributed by atoms with Crippen molar-refractivity contribution in [3.05, 3.63) is 169 Å². The fourth-order valence-electron chi connectivity index (χ4n) is 7.07. The Bertz CT molecular complexity index is 2700. The van der Waals surface area contributed by atoms with E-state index in [0.717, 1.165) is 78.4 Å². The van der Waals surface area contributed by atoms with E-state index >= 15 is 0 Å². The molecule has 9 rings (SSSR count). The highest BCUT2D eigenvalue weighted by molar-refractivity contribution is 6.09. The summed E-state index contributed by atoms with van der Waals surface area (Å²) in [5.41, 5.74) is 10.6. The Balaban J connectivity index is 1.27. The SMILES string of the molecule is CC(C)(C)c1ccc(-n2c(-n3c4ccccc4c4ccc(Oc5cccc(-c6ccccn6)c5)cc43)nc3ccccc32)c(-c2ccccc2)c1. The molecule has 9 aromatic rings. The second kappa shape index (κ2) is 12.1. The molecule has 0 saturated carbocycles. The highest BCUT2D eigenvalue weighted by Gasteiger charge is 2.23. The molecule has 5 heteroatoms. The molecule has 0 radical (unpaired) electrons. The summed E-state index contributed by atoms with van der Waals surface area (Å²) in [6.45, 7) is 6.80. The van der Waals surface area contributed by atoms with Gasteiger partial charge in [-0.2, -0.15) is 0 Å². The van der Waals surface area contributed by atoms with Crippen molar-refractivity contribution in [3.8, 4) is 45.5 Å². The second-order valence-corrected chi connectivity index (χ2v) is 14.0. The van der Waals surface area contributed by atoms with E-state index in [1.807, 2.05) is 48.7 Å². The molecule has 0 atom stereocenters. The van der Waals surface area contributed by atoms with E-state index in [1.165, 1.54) is 5.56 Å². The second-order valence-electron chi connectivity index (χ2n) is 14.0. The molecule has 0 aliphatic rings. The van der Waals surface area contributed by atoms with Gasteiger partial charge in [-0.05, 0) is 83.3 Å². The minimum absolute atomic E-state index is 0.0117. The highest BCUT2D eigenvalue weighted by atomic mass is 16.5. The van der Waals surface area contributed by atoms with Gasteiger partial charge in [0.15, 0.2) is 0 Å². The molecule has 5 nitrogen and oxygen atoms in total. The highest BCUT2D eigenvalue weighted by Crippen LogP contribution is 2.40. The van der Waals surface area contributed by atoms with Crippen LogP contribution in [-0.4, -0.2) is 19.1 Å². The van der Waals surface area contributed by atoms with Crippen molar-refractivity contribution in [1.82, 2.24) is 19.1 Å². The van der Waals surface area contributed by atoms with Crippen LogP contribution in [0.25, 0.3) is 66.9 Å². The Morgan fingerprint density at radius 1 is 0.529 bits per heavy atom. The maximum atomic E-state index is 6.56. The van der Waals surface area contributed by atoms with Crippen LogP contribution in [0.5, 0.6) is 11.5 Å². The Kier molecular flexibility index (Phi) is 7.29. The van der Waals surface area contributed by atoms with E-state index < -0.39 is 0 Å². The van der Waals surface area contributed by atoms with Gasteiger partial charge in [0.2, 0.25) is 5.95 Å². The van der Waals surface area contributed by atoms with Crippen molar-refractivity contribution < 1.29 is 4.74 Å². The van der Waals surface area contributed by atoms with Gasteiger partial charge < -0.3 is 4.74 Å². The quantitative estimate of drug-likeness (QED) is 0.178. The summed E-state index contributed by atoms with van der Waals surface area (Å²) >= 11 is 0. The Morgan fingerprint density at radius 3 is 2.08 bits per heavy atom. The average Bonchev–Trinajstić information content (AvgIpc) is 3.70. The van der Waals surface area contributed by atoms with Crippen LogP contribution in [0.2, 0.25) is 0 Å². The molecule has 0 saturated heterocycles. The number of aromatic nitrogens is 4. The fourth-order valence-corrected chi connectivity index (χ4v) is 7.07. The summed E-state index contributed by atoms with van der Waals surface area (Å²) in [6, 6.07) is 54.9. The topological polar surface area (TPSA) is 44.9 Å². The number of hydrogen-bond donors (Lipinski definition) is 0. The third kappa shape index (κ3) is 5.44. The third-order valence-electron chi connectivity index (χ3n) is 9.61. The van der Waals surface area contributed by atoms with Crippen molar-refractivity contribution in [3.63, 3.8) is 0 Å². The molecular weight excluding hydrogens is 625 g/mol. The summed E-state index contributed by atoms with van der Waals surface area (Å²) in [5.74, 6) is 2.31. The zero-order chi connectivity index (χ0) is 34.5. The molecule has 246 valence electrons. The normalized spacial score (nSPS) is 11.8. The molecule has 3 heterocycles.